The van der Waals surface area contributed by atoms with Gasteiger partial charge in [-0.25, -0.2) is 4.98 Å². The summed E-state index contributed by atoms with van der Waals surface area (Å²) in [6, 6.07) is 0.434. The van der Waals surface area contributed by atoms with Gasteiger partial charge in [0.2, 0.25) is 0 Å². The van der Waals surface area contributed by atoms with E-state index in [1.54, 1.807) is 6.20 Å². The highest BCUT2D eigenvalue weighted by Crippen LogP contribution is 2.28. The lowest BCUT2D eigenvalue weighted by molar-refractivity contribution is -0.0266. The van der Waals surface area contributed by atoms with Crippen LogP contribution in [0, 0.1) is 6.92 Å². The van der Waals surface area contributed by atoms with Crippen LogP contribution in [0.15, 0.2) is 12.4 Å². The van der Waals surface area contributed by atoms with E-state index < -0.39 is 0 Å². The van der Waals surface area contributed by atoms with Gasteiger partial charge >= 0.3 is 0 Å². The molecule has 0 aromatic carbocycles. The number of nitrogens with one attached hydrogen (secondary N) is 1. The molecule has 2 fully saturated rings. The predicted molar refractivity (Wildman–Crippen MR) is 90.1 cm³/mol. The van der Waals surface area contributed by atoms with Crippen molar-refractivity contribution >= 4 is 5.91 Å². The summed E-state index contributed by atoms with van der Waals surface area (Å²) in [7, 11) is 0. The number of rotatable bonds is 3. The largest absolute Gasteiger partial charge is 0.366 e. The Hall–Kier alpha value is -2.22. The van der Waals surface area contributed by atoms with Crippen molar-refractivity contribution in [3.63, 3.8) is 0 Å². The molecule has 1 unspecified atom stereocenters. The van der Waals surface area contributed by atoms with E-state index >= 15 is 0 Å². The molecule has 1 aliphatic heterocycles. The Bertz CT molecular complexity index is 733. The fraction of sp³-hybridized carbons (Fsp3) is 0.647. The molecule has 2 aromatic rings. The zero-order valence-electron chi connectivity index (χ0n) is 14.5. The van der Waals surface area contributed by atoms with Gasteiger partial charge in [-0.1, -0.05) is 19.3 Å². The minimum atomic E-state index is -0.281. The number of aryl methyl sites for hydroxylation is 1. The maximum absolute atomic E-state index is 12.8. The zero-order chi connectivity index (χ0) is 17.2. The minimum absolute atomic E-state index is 0.00242. The van der Waals surface area contributed by atoms with Crippen LogP contribution >= 0.6 is 0 Å². The van der Waals surface area contributed by atoms with Gasteiger partial charge in [-0.05, 0) is 19.8 Å². The number of aromatic nitrogens is 5. The van der Waals surface area contributed by atoms with E-state index in [9.17, 15) is 4.79 Å². The summed E-state index contributed by atoms with van der Waals surface area (Å²) in [5, 5.41) is 11.4. The van der Waals surface area contributed by atoms with Crippen LogP contribution in [-0.4, -0.2) is 55.5 Å². The van der Waals surface area contributed by atoms with Gasteiger partial charge in [-0.3, -0.25) is 14.6 Å². The molecule has 8 heteroatoms. The number of nitrogens with zero attached hydrogens (tertiary/aromatic N) is 5. The van der Waals surface area contributed by atoms with E-state index in [1.807, 2.05) is 22.7 Å². The first-order chi connectivity index (χ1) is 12.2. The fourth-order valence-electron chi connectivity index (χ4n) is 3.67. The Morgan fingerprint density at radius 3 is 2.92 bits per heavy atom. The first-order valence-electron chi connectivity index (χ1n) is 9.04. The lowest BCUT2D eigenvalue weighted by atomic mass is 9.96. The Kier molecular flexibility index (Phi) is 4.52. The van der Waals surface area contributed by atoms with Gasteiger partial charge in [0.1, 0.15) is 11.9 Å². The second-order valence-electron chi connectivity index (χ2n) is 6.89. The molecule has 0 radical (unpaired) electrons. The molecule has 8 nitrogen and oxygen atoms in total. The average Bonchev–Trinajstić information content (AvgIpc) is 3.31. The van der Waals surface area contributed by atoms with Gasteiger partial charge in [0.25, 0.3) is 5.91 Å². The van der Waals surface area contributed by atoms with Crippen LogP contribution in [0.3, 0.4) is 0 Å². The standard InChI is InChI=1S/C17H24N6O2/c1-12-19-16(21-20-12)15-11-22(7-8-25-15)17(24)13-9-18-23(10-13)14-5-3-2-4-6-14/h9-10,14-15H,2-8,11H2,1H3,(H,19,20,21). The zero-order valence-corrected chi connectivity index (χ0v) is 14.5. The predicted octanol–water partition coefficient (Wildman–Crippen LogP) is 2.03. The van der Waals surface area contributed by atoms with Gasteiger partial charge in [0, 0.05) is 12.7 Å². The summed E-state index contributed by atoms with van der Waals surface area (Å²) in [5.74, 6) is 1.35. The first kappa shape index (κ1) is 16.3. The van der Waals surface area contributed by atoms with E-state index in [1.165, 1.54) is 19.3 Å². The maximum atomic E-state index is 12.8. The SMILES string of the molecule is Cc1nc(C2CN(C(=O)c3cnn(C4CCCCC4)c3)CCO2)n[nH]1. The highest BCUT2D eigenvalue weighted by atomic mass is 16.5. The molecule has 1 atom stereocenters. The third-order valence-electron chi connectivity index (χ3n) is 5.05. The minimum Gasteiger partial charge on any atom is -0.366 e. The molecule has 25 heavy (non-hydrogen) atoms. The summed E-state index contributed by atoms with van der Waals surface area (Å²) in [4.78, 5) is 19.0. The smallest absolute Gasteiger partial charge is 0.257 e. The van der Waals surface area contributed by atoms with Gasteiger partial charge in [0.15, 0.2) is 5.82 Å². The summed E-state index contributed by atoms with van der Waals surface area (Å²) < 4.78 is 7.71. The van der Waals surface area contributed by atoms with Crippen LogP contribution in [0.4, 0.5) is 0 Å². The van der Waals surface area contributed by atoms with Crippen LogP contribution in [-0.2, 0) is 4.74 Å². The molecule has 0 bridgehead atoms. The van der Waals surface area contributed by atoms with E-state index in [0.29, 0.717) is 37.1 Å². The van der Waals surface area contributed by atoms with Crippen molar-refractivity contribution in [1.82, 2.24) is 29.9 Å². The Labute approximate surface area is 146 Å². The van der Waals surface area contributed by atoms with Crippen molar-refractivity contribution in [2.75, 3.05) is 19.7 Å². The second kappa shape index (κ2) is 6.95. The topological polar surface area (TPSA) is 88.9 Å². The number of carbonyl (C=O) groups excluding carboxylic acids is 1. The molecule has 1 saturated carbocycles. The van der Waals surface area contributed by atoms with Crippen LogP contribution < -0.4 is 0 Å². The molecule has 4 rings (SSSR count). The normalized spacial score (nSPS) is 22.3. The number of amides is 1. The van der Waals surface area contributed by atoms with Crippen molar-refractivity contribution in [3.05, 3.63) is 29.6 Å². The van der Waals surface area contributed by atoms with Gasteiger partial charge in [0.05, 0.1) is 31.0 Å². The van der Waals surface area contributed by atoms with E-state index in [0.717, 1.165) is 18.7 Å². The first-order valence-corrected chi connectivity index (χ1v) is 9.04. The highest BCUT2D eigenvalue weighted by molar-refractivity contribution is 5.93. The van der Waals surface area contributed by atoms with Crippen molar-refractivity contribution < 1.29 is 9.53 Å². The molecule has 134 valence electrons. The van der Waals surface area contributed by atoms with Crippen molar-refractivity contribution in [1.29, 1.82) is 0 Å². The van der Waals surface area contributed by atoms with Crippen molar-refractivity contribution in [3.8, 4) is 0 Å². The average molecular weight is 344 g/mol. The third-order valence-corrected chi connectivity index (χ3v) is 5.05. The molecular weight excluding hydrogens is 320 g/mol. The molecular formula is C17H24N6O2. The number of carbonyl (C=O) groups is 1. The Morgan fingerprint density at radius 2 is 2.16 bits per heavy atom. The summed E-state index contributed by atoms with van der Waals surface area (Å²) in [5.41, 5.74) is 0.650. The molecule has 2 aromatic heterocycles. The number of hydrogen-bond acceptors (Lipinski definition) is 5. The molecule has 1 aliphatic carbocycles. The lowest BCUT2D eigenvalue weighted by Gasteiger charge is -2.31. The van der Waals surface area contributed by atoms with E-state index in [4.69, 9.17) is 4.74 Å². The highest BCUT2D eigenvalue weighted by Gasteiger charge is 2.29. The lowest BCUT2D eigenvalue weighted by Crippen LogP contribution is -2.42. The van der Waals surface area contributed by atoms with E-state index in [-0.39, 0.29) is 12.0 Å². The molecule has 1 amide bonds. The van der Waals surface area contributed by atoms with Gasteiger partial charge < -0.3 is 9.64 Å². The Balaban J connectivity index is 1.44. The number of aromatic amines is 1. The van der Waals surface area contributed by atoms with Gasteiger partial charge in [-0.15, -0.1) is 0 Å². The fourth-order valence-corrected chi connectivity index (χ4v) is 3.67. The van der Waals surface area contributed by atoms with Crippen molar-refractivity contribution in [2.24, 2.45) is 0 Å². The monoisotopic (exact) mass is 344 g/mol. The molecule has 3 heterocycles. The van der Waals surface area contributed by atoms with E-state index in [2.05, 4.69) is 20.3 Å². The third kappa shape index (κ3) is 3.44. The summed E-state index contributed by atoms with van der Waals surface area (Å²) >= 11 is 0. The van der Waals surface area contributed by atoms with Crippen molar-refractivity contribution in [2.45, 2.75) is 51.2 Å². The van der Waals surface area contributed by atoms with Crippen LogP contribution in [0.5, 0.6) is 0 Å². The van der Waals surface area contributed by atoms with Crippen LogP contribution in [0.25, 0.3) is 0 Å². The number of H-pyrrole nitrogens is 1. The molecule has 1 N–H and O–H groups in total. The Morgan fingerprint density at radius 1 is 1.32 bits per heavy atom. The van der Waals surface area contributed by atoms with Crippen LogP contribution in [0.1, 0.15) is 66.3 Å². The quantitative estimate of drug-likeness (QED) is 0.920. The molecule has 1 saturated heterocycles. The summed E-state index contributed by atoms with van der Waals surface area (Å²) in [6.07, 6.45) is 9.41. The second-order valence-corrected chi connectivity index (χ2v) is 6.89. The van der Waals surface area contributed by atoms with Crippen LogP contribution in [0.2, 0.25) is 0 Å². The maximum Gasteiger partial charge on any atom is 0.257 e. The number of ether oxygens (including phenoxy) is 1. The van der Waals surface area contributed by atoms with Gasteiger partial charge in [-0.2, -0.15) is 10.2 Å². The summed E-state index contributed by atoms with van der Waals surface area (Å²) in [6.45, 7) is 3.38. The molecule has 0 spiro atoms. The molecule has 2 aliphatic rings. The number of hydrogen-bond donors (Lipinski definition) is 1. The number of morpholine rings is 1.